The van der Waals surface area contributed by atoms with E-state index in [1.165, 1.54) is 0 Å². The van der Waals surface area contributed by atoms with E-state index >= 15 is 0 Å². The van der Waals surface area contributed by atoms with E-state index in [1.54, 1.807) is 0 Å². The molecular formula is C9H12Cl3NaO3. The van der Waals surface area contributed by atoms with E-state index in [1.807, 2.05) is 0 Å². The van der Waals surface area contributed by atoms with Gasteiger partial charge in [0.05, 0.1) is 6.10 Å². The number of halogens is 3. The van der Waals surface area contributed by atoms with E-state index in [2.05, 4.69) is 4.74 Å². The number of hydrogen-bond acceptors (Lipinski definition) is 3. The topological polar surface area (TPSA) is 49.4 Å². The molecule has 0 bridgehead atoms. The van der Waals surface area contributed by atoms with E-state index in [9.17, 15) is 9.90 Å². The van der Waals surface area contributed by atoms with Crippen molar-refractivity contribution in [1.82, 2.24) is 0 Å². The second-order valence-corrected chi connectivity index (χ2v) is 6.10. The summed E-state index contributed by atoms with van der Waals surface area (Å²) in [7, 11) is 0. The molecule has 0 radical (unpaired) electrons. The first-order valence-corrected chi connectivity index (χ1v) is 5.99. The van der Waals surface area contributed by atoms with Gasteiger partial charge in [-0.15, -0.1) is 0 Å². The van der Waals surface area contributed by atoms with Gasteiger partial charge in [0.25, 0.3) is 6.16 Å². The quantitative estimate of drug-likeness (QED) is 0.398. The first kappa shape index (κ1) is 17.1. The fraction of sp³-hybridized carbons (Fsp3) is 0.889. The molecule has 0 amide bonds. The molecule has 0 aliphatic heterocycles. The Bertz CT molecular complexity index is 227. The van der Waals surface area contributed by atoms with Crippen LogP contribution in [0.3, 0.4) is 0 Å². The minimum atomic E-state index is -1.72. The Labute approximate surface area is 132 Å². The van der Waals surface area contributed by atoms with Gasteiger partial charge in [-0.2, -0.15) is 0 Å². The molecule has 0 aromatic rings. The van der Waals surface area contributed by atoms with Crippen LogP contribution in [0.5, 0.6) is 0 Å². The fourth-order valence-corrected chi connectivity index (χ4v) is 2.64. The molecule has 1 saturated carbocycles. The van der Waals surface area contributed by atoms with Crippen molar-refractivity contribution in [3.05, 3.63) is 0 Å². The fourth-order valence-electron chi connectivity index (χ4n) is 1.97. The molecule has 16 heavy (non-hydrogen) atoms. The van der Waals surface area contributed by atoms with Crippen LogP contribution >= 0.6 is 34.8 Å². The normalized spacial score (nSPS) is 19.7. The number of carbonyl (C=O) groups excluding carboxylic acids is 1. The molecule has 0 spiro atoms. The second kappa shape index (κ2) is 7.55. The van der Waals surface area contributed by atoms with Gasteiger partial charge in [0.1, 0.15) is 0 Å². The maximum Gasteiger partial charge on any atom is 1.00 e. The smallest absolute Gasteiger partial charge is 0.542 e. The molecule has 3 nitrogen and oxygen atoms in total. The van der Waals surface area contributed by atoms with Crippen LogP contribution in [0, 0.1) is 5.92 Å². The monoisotopic (exact) mass is 296 g/mol. The summed E-state index contributed by atoms with van der Waals surface area (Å²) in [5.74, 6) is -0.0239. The SMILES string of the molecule is O=C([O-])OC(C1CCCCC1)C(Cl)(Cl)Cl.[Na+]. The van der Waals surface area contributed by atoms with E-state index < -0.39 is 16.1 Å². The number of carboxylic acid groups (broad SMARTS) is 1. The summed E-state index contributed by atoms with van der Waals surface area (Å²) in [6, 6.07) is 0. The summed E-state index contributed by atoms with van der Waals surface area (Å²) in [5, 5.41) is 10.4. The molecule has 1 fully saturated rings. The Balaban J connectivity index is 0.00000225. The summed E-state index contributed by atoms with van der Waals surface area (Å²) < 4.78 is 2.84. The molecule has 1 atom stereocenters. The number of ether oxygens (including phenoxy) is 1. The summed E-state index contributed by atoms with van der Waals surface area (Å²) in [4.78, 5) is 10.4. The molecule has 0 heterocycles. The first-order chi connectivity index (χ1) is 6.91. The van der Waals surface area contributed by atoms with Gasteiger partial charge in [-0.05, 0) is 18.8 Å². The Morgan fingerprint density at radius 2 is 1.75 bits per heavy atom. The average Bonchev–Trinajstić information content (AvgIpc) is 2.14. The van der Waals surface area contributed by atoms with Gasteiger partial charge < -0.3 is 14.6 Å². The van der Waals surface area contributed by atoms with Crippen LogP contribution in [0.15, 0.2) is 0 Å². The second-order valence-electron chi connectivity index (χ2n) is 3.73. The number of rotatable bonds is 2. The molecule has 0 aromatic carbocycles. The van der Waals surface area contributed by atoms with Crippen LogP contribution in [-0.2, 0) is 4.74 Å². The van der Waals surface area contributed by atoms with E-state index in [-0.39, 0.29) is 35.5 Å². The van der Waals surface area contributed by atoms with Gasteiger partial charge >= 0.3 is 29.6 Å². The Morgan fingerprint density at radius 3 is 2.12 bits per heavy atom. The molecule has 88 valence electrons. The van der Waals surface area contributed by atoms with Gasteiger partial charge in [0.15, 0.2) is 0 Å². The van der Waals surface area contributed by atoms with Gasteiger partial charge in [-0.3, -0.25) is 0 Å². The molecule has 0 saturated heterocycles. The number of alkyl halides is 3. The van der Waals surface area contributed by atoms with Gasteiger partial charge in [0, 0.05) is 0 Å². The van der Waals surface area contributed by atoms with Crippen LogP contribution in [-0.4, -0.2) is 16.1 Å². The molecule has 1 aliphatic rings. The first-order valence-electron chi connectivity index (χ1n) is 4.85. The summed E-state index contributed by atoms with van der Waals surface area (Å²) in [5.41, 5.74) is 0. The standard InChI is InChI=1S/C9H13Cl3O3.Na/c10-9(11,12)7(15-8(13)14)6-4-2-1-3-5-6;/h6-7H,1-5H2,(H,13,14);/q;+1/p-1. The van der Waals surface area contributed by atoms with E-state index in [4.69, 9.17) is 34.8 Å². The zero-order valence-electron chi connectivity index (χ0n) is 9.05. The summed E-state index contributed by atoms with van der Waals surface area (Å²) >= 11 is 17.1. The van der Waals surface area contributed by atoms with Crippen LogP contribution in [0.25, 0.3) is 0 Å². The number of hydrogen-bond donors (Lipinski definition) is 0. The van der Waals surface area contributed by atoms with Crippen molar-refractivity contribution in [2.24, 2.45) is 5.92 Å². The third-order valence-electron chi connectivity index (χ3n) is 2.62. The van der Waals surface area contributed by atoms with Gasteiger partial charge in [0.2, 0.25) is 3.79 Å². The summed E-state index contributed by atoms with van der Waals surface area (Å²) in [6.45, 7) is 0. The van der Waals surface area contributed by atoms with Crippen LogP contribution in [0.4, 0.5) is 4.79 Å². The third kappa shape index (κ3) is 5.65. The Morgan fingerprint density at radius 1 is 1.25 bits per heavy atom. The van der Waals surface area contributed by atoms with Gasteiger partial charge in [-0.1, -0.05) is 54.1 Å². The van der Waals surface area contributed by atoms with Crippen molar-refractivity contribution in [3.8, 4) is 0 Å². The average molecular weight is 298 g/mol. The molecule has 1 unspecified atom stereocenters. The maximum absolute atomic E-state index is 10.4. The molecule has 1 aliphatic carbocycles. The van der Waals surface area contributed by atoms with Crippen molar-refractivity contribution in [2.45, 2.75) is 42.0 Å². The van der Waals surface area contributed by atoms with Crippen molar-refractivity contribution < 1.29 is 44.2 Å². The Hall–Kier alpha value is 1.14. The molecular weight excluding hydrogens is 285 g/mol. The van der Waals surface area contributed by atoms with Crippen molar-refractivity contribution >= 4 is 41.0 Å². The van der Waals surface area contributed by atoms with Crippen LogP contribution < -0.4 is 34.7 Å². The summed E-state index contributed by atoms with van der Waals surface area (Å²) in [6.07, 6.45) is 2.24. The van der Waals surface area contributed by atoms with E-state index in [0.717, 1.165) is 32.1 Å². The molecule has 1 rings (SSSR count). The van der Waals surface area contributed by atoms with E-state index in [0.29, 0.717) is 0 Å². The van der Waals surface area contributed by atoms with Gasteiger partial charge in [-0.25, -0.2) is 0 Å². The molecule has 7 heteroatoms. The van der Waals surface area contributed by atoms with Crippen LogP contribution in [0.2, 0.25) is 0 Å². The zero-order chi connectivity index (χ0) is 11.5. The predicted molar refractivity (Wildman–Crippen MR) is 57.1 cm³/mol. The molecule has 0 aromatic heterocycles. The van der Waals surface area contributed by atoms with Crippen LogP contribution in [0.1, 0.15) is 32.1 Å². The Kier molecular flexibility index (Phi) is 8.09. The minimum Gasteiger partial charge on any atom is -0.542 e. The molecule has 0 N–H and O–H groups in total. The third-order valence-corrected chi connectivity index (χ3v) is 3.27. The van der Waals surface area contributed by atoms with Crippen molar-refractivity contribution in [2.75, 3.05) is 0 Å². The van der Waals surface area contributed by atoms with Crippen molar-refractivity contribution in [1.29, 1.82) is 0 Å². The maximum atomic E-state index is 10.4. The van der Waals surface area contributed by atoms with Crippen molar-refractivity contribution in [3.63, 3.8) is 0 Å². The predicted octanol–water partition coefficient (Wildman–Crippen LogP) is -0.331. The largest absolute Gasteiger partial charge is 1.00 e. The minimum absolute atomic E-state index is 0. The number of carbonyl (C=O) groups is 1. The zero-order valence-corrected chi connectivity index (χ0v) is 13.3.